The number of carbonyl (C=O) groups excluding carboxylic acids is 2. The van der Waals surface area contributed by atoms with Crippen molar-refractivity contribution in [3.63, 3.8) is 0 Å². The summed E-state index contributed by atoms with van der Waals surface area (Å²) in [6.45, 7) is 8.53. The number of aryl methyl sites for hydroxylation is 1. The molecular weight excluding hydrogens is 483 g/mol. The van der Waals surface area contributed by atoms with Gasteiger partial charge in [-0.05, 0) is 76.4 Å². The zero-order valence-electron chi connectivity index (χ0n) is 20.8. The topological polar surface area (TPSA) is 76.5 Å². The van der Waals surface area contributed by atoms with Crippen LogP contribution in [0.2, 0.25) is 5.02 Å². The van der Waals surface area contributed by atoms with E-state index in [1.54, 1.807) is 15.8 Å². The second-order valence-corrected chi connectivity index (χ2v) is 10.4. The van der Waals surface area contributed by atoms with Gasteiger partial charge in [0.25, 0.3) is 5.91 Å². The molecule has 2 heterocycles. The van der Waals surface area contributed by atoms with Crippen molar-refractivity contribution in [3.8, 4) is 5.69 Å². The van der Waals surface area contributed by atoms with Crippen LogP contribution in [-0.2, 0) is 4.74 Å². The number of hydrogen-bond donors (Lipinski definition) is 1. The van der Waals surface area contributed by atoms with Gasteiger partial charge < -0.3 is 15.0 Å². The Hall–Kier alpha value is -3.39. The van der Waals surface area contributed by atoms with Crippen LogP contribution < -0.4 is 5.32 Å². The summed E-state index contributed by atoms with van der Waals surface area (Å²) in [6.07, 6.45) is 2.50. The molecule has 1 aliphatic heterocycles. The molecule has 0 atom stereocenters. The third-order valence-electron chi connectivity index (χ3n) is 6.01. The normalized spacial score (nSPS) is 14.6. The Bertz CT molecular complexity index is 1280. The van der Waals surface area contributed by atoms with Gasteiger partial charge in [0.1, 0.15) is 11.4 Å². The van der Waals surface area contributed by atoms with Gasteiger partial charge in [0, 0.05) is 19.0 Å². The smallest absolute Gasteiger partial charge is 0.410 e. The van der Waals surface area contributed by atoms with Crippen molar-refractivity contribution in [2.24, 2.45) is 0 Å². The van der Waals surface area contributed by atoms with E-state index in [9.17, 15) is 14.0 Å². The van der Waals surface area contributed by atoms with Crippen LogP contribution in [0.15, 0.2) is 48.7 Å². The standard InChI is InChI=1S/C27H30ClFN4O3/c1-17-6-5-7-20(14-17)33-24(18-10-12-32(13-11-18)26(35)36-27(2,3)4)21(16-30-33)25(34)31-23-9-8-19(29)15-22(23)28/h5-9,14-16,18H,10-13H2,1-4H3,(H,31,34). The molecule has 2 aromatic carbocycles. The summed E-state index contributed by atoms with van der Waals surface area (Å²) in [4.78, 5) is 27.6. The number of likely N-dealkylation sites (tertiary alicyclic amines) is 1. The van der Waals surface area contributed by atoms with Gasteiger partial charge >= 0.3 is 6.09 Å². The molecule has 2 amide bonds. The lowest BCUT2D eigenvalue weighted by molar-refractivity contribution is 0.0203. The maximum atomic E-state index is 13.5. The highest BCUT2D eigenvalue weighted by Crippen LogP contribution is 2.34. The summed E-state index contributed by atoms with van der Waals surface area (Å²) in [5, 5.41) is 7.46. The summed E-state index contributed by atoms with van der Waals surface area (Å²) < 4.78 is 20.8. The van der Waals surface area contributed by atoms with Crippen LogP contribution in [0.4, 0.5) is 14.9 Å². The zero-order chi connectivity index (χ0) is 26.0. The van der Waals surface area contributed by atoms with Gasteiger partial charge in [0.15, 0.2) is 0 Å². The molecular formula is C27H30ClFN4O3. The zero-order valence-corrected chi connectivity index (χ0v) is 21.6. The van der Waals surface area contributed by atoms with E-state index in [1.807, 2.05) is 52.0 Å². The molecule has 7 nitrogen and oxygen atoms in total. The third kappa shape index (κ3) is 5.87. The van der Waals surface area contributed by atoms with Gasteiger partial charge in [0.2, 0.25) is 0 Å². The van der Waals surface area contributed by atoms with Crippen molar-refractivity contribution in [2.75, 3.05) is 18.4 Å². The molecule has 0 spiro atoms. The first-order valence-electron chi connectivity index (χ1n) is 11.9. The quantitative estimate of drug-likeness (QED) is 0.442. The van der Waals surface area contributed by atoms with Crippen LogP contribution >= 0.6 is 11.6 Å². The first-order valence-corrected chi connectivity index (χ1v) is 12.3. The van der Waals surface area contributed by atoms with Crippen molar-refractivity contribution < 1.29 is 18.7 Å². The van der Waals surface area contributed by atoms with E-state index in [0.717, 1.165) is 23.0 Å². The van der Waals surface area contributed by atoms with Gasteiger partial charge in [-0.25, -0.2) is 13.9 Å². The van der Waals surface area contributed by atoms with E-state index >= 15 is 0 Å². The summed E-state index contributed by atoms with van der Waals surface area (Å²) in [5.41, 5.74) is 2.84. The molecule has 0 radical (unpaired) electrons. The van der Waals surface area contributed by atoms with Crippen LogP contribution in [0.25, 0.3) is 5.69 Å². The maximum Gasteiger partial charge on any atom is 0.410 e. The molecule has 4 rings (SSSR count). The van der Waals surface area contributed by atoms with Crippen LogP contribution in [-0.4, -0.2) is 45.4 Å². The Morgan fingerprint density at radius 2 is 1.86 bits per heavy atom. The average Bonchev–Trinajstić information content (AvgIpc) is 3.25. The fraction of sp³-hybridized carbons (Fsp3) is 0.370. The van der Waals surface area contributed by atoms with Crippen molar-refractivity contribution in [1.29, 1.82) is 0 Å². The van der Waals surface area contributed by atoms with Gasteiger partial charge in [0.05, 0.1) is 33.9 Å². The van der Waals surface area contributed by atoms with Crippen LogP contribution in [0.3, 0.4) is 0 Å². The molecule has 9 heteroatoms. The number of nitrogens with zero attached hydrogens (tertiary/aromatic N) is 3. The predicted molar refractivity (Wildman–Crippen MR) is 137 cm³/mol. The van der Waals surface area contributed by atoms with E-state index in [4.69, 9.17) is 16.3 Å². The van der Waals surface area contributed by atoms with Gasteiger partial charge in [-0.3, -0.25) is 4.79 Å². The van der Waals surface area contributed by atoms with Gasteiger partial charge in [-0.1, -0.05) is 23.7 Å². The second-order valence-electron chi connectivity index (χ2n) is 10.0. The molecule has 0 bridgehead atoms. The number of hydrogen-bond acceptors (Lipinski definition) is 4. The molecule has 190 valence electrons. The number of anilines is 1. The summed E-state index contributed by atoms with van der Waals surface area (Å²) in [6, 6.07) is 11.7. The van der Waals surface area contributed by atoms with Crippen LogP contribution in [0, 0.1) is 12.7 Å². The Kier molecular flexibility index (Phi) is 7.36. The first-order chi connectivity index (χ1) is 17.0. The van der Waals surface area contributed by atoms with Crippen molar-refractivity contribution >= 4 is 29.3 Å². The molecule has 1 fully saturated rings. The van der Waals surface area contributed by atoms with Gasteiger partial charge in [-0.15, -0.1) is 0 Å². The monoisotopic (exact) mass is 512 g/mol. The molecule has 0 unspecified atom stereocenters. The first kappa shape index (κ1) is 25.7. The highest BCUT2D eigenvalue weighted by molar-refractivity contribution is 6.33. The Morgan fingerprint density at radius 3 is 2.50 bits per heavy atom. The van der Waals surface area contributed by atoms with E-state index in [1.165, 1.54) is 12.1 Å². The highest BCUT2D eigenvalue weighted by atomic mass is 35.5. The average molecular weight is 513 g/mol. The second kappa shape index (κ2) is 10.3. The van der Waals surface area contributed by atoms with Crippen molar-refractivity contribution in [3.05, 3.63) is 76.3 Å². The molecule has 0 aliphatic carbocycles. The minimum absolute atomic E-state index is 0.0175. The highest BCUT2D eigenvalue weighted by Gasteiger charge is 2.32. The molecule has 1 N–H and O–H groups in total. The minimum Gasteiger partial charge on any atom is -0.444 e. The maximum absolute atomic E-state index is 13.5. The minimum atomic E-state index is -0.565. The Balaban J connectivity index is 1.63. The molecule has 3 aromatic rings. The number of ether oxygens (including phenoxy) is 1. The van der Waals surface area contributed by atoms with Crippen LogP contribution in [0.1, 0.15) is 61.1 Å². The summed E-state index contributed by atoms with van der Waals surface area (Å²) >= 11 is 6.13. The lowest BCUT2D eigenvalue weighted by atomic mass is 9.90. The number of nitrogens with one attached hydrogen (secondary N) is 1. The fourth-order valence-electron chi connectivity index (χ4n) is 4.33. The SMILES string of the molecule is Cc1cccc(-n2ncc(C(=O)Nc3ccc(F)cc3Cl)c2C2CCN(C(=O)OC(C)(C)C)CC2)c1. The van der Waals surface area contributed by atoms with Gasteiger partial charge in [-0.2, -0.15) is 5.10 Å². The van der Waals surface area contributed by atoms with Crippen LogP contribution in [0.5, 0.6) is 0 Å². The number of amides is 2. The van der Waals surface area contributed by atoms with E-state index in [-0.39, 0.29) is 22.9 Å². The lowest BCUT2D eigenvalue weighted by Gasteiger charge is -2.34. The number of benzene rings is 2. The largest absolute Gasteiger partial charge is 0.444 e. The number of carbonyl (C=O) groups is 2. The Morgan fingerprint density at radius 1 is 1.14 bits per heavy atom. The number of aromatic nitrogens is 2. The predicted octanol–water partition coefficient (Wildman–Crippen LogP) is 6.34. The van der Waals surface area contributed by atoms with E-state index in [0.29, 0.717) is 37.2 Å². The molecule has 1 aromatic heterocycles. The molecule has 1 aliphatic rings. The summed E-state index contributed by atoms with van der Waals surface area (Å²) in [5.74, 6) is -0.883. The lowest BCUT2D eigenvalue weighted by Crippen LogP contribution is -2.41. The van der Waals surface area contributed by atoms with Crippen molar-refractivity contribution in [1.82, 2.24) is 14.7 Å². The third-order valence-corrected chi connectivity index (χ3v) is 6.32. The molecule has 36 heavy (non-hydrogen) atoms. The molecule has 0 saturated carbocycles. The molecule has 1 saturated heterocycles. The van der Waals surface area contributed by atoms with E-state index < -0.39 is 11.4 Å². The fourth-order valence-corrected chi connectivity index (χ4v) is 4.55. The van der Waals surface area contributed by atoms with E-state index in [2.05, 4.69) is 10.4 Å². The number of rotatable bonds is 4. The Labute approximate surface area is 215 Å². The summed E-state index contributed by atoms with van der Waals surface area (Å²) in [7, 11) is 0. The number of halogens is 2. The van der Waals surface area contributed by atoms with Crippen molar-refractivity contribution in [2.45, 2.75) is 52.1 Å². The number of piperidine rings is 1.